The summed E-state index contributed by atoms with van der Waals surface area (Å²) in [5.41, 5.74) is 0.771. The summed E-state index contributed by atoms with van der Waals surface area (Å²) < 4.78 is 5.02. The lowest BCUT2D eigenvalue weighted by atomic mass is 9.87. The number of carbonyl (C=O) groups is 2. The highest BCUT2D eigenvalue weighted by molar-refractivity contribution is 5.83. The fraction of sp³-hybridized carbons (Fsp3) is 0.789. The summed E-state index contributed by atoms with van der Waals surface area (Å²) in [5, 5.41) is 0. The third-order valence-corrected chi connectivity index (χ3v) is 4.51. The van der Waals surface area contributed by atoms with Crippen LogP contribution < -0.4 is 0 Å². The van der Waals surface area contributed by atoms with Gasteiger partial charge in [-0.05, 0) is 18.4 Å². The Hall–Kier alpha value is -1.12. The van der Waals surface area contributed by atoms with Crippen molar-refractivity contribution in [3.8, 4) is 0 Å². The first-order chi connectivity index (χ1) is 10.6. The first-order valence-electron chi connectivity index (χ1n) is 8.95. The Morgan fingerprint density at radius 3 is 2.05 bits per heavy atom. The molecule has 0 spiro atoms. The van der Waals surface area contributed by atoms with Gasteiger partial charge in [-0.2, -0.15) is 0 Å². The summed E-state index contributed by atoms with van der Waals surface area (Å²) >= 11 is 0. The standard InChI is InChI=1S/C19H32O3/c1-16(15-22-17(2)20)18-13-11-9-7-5-3-4-6-8-10-12-14-19(18)21/h18H,1,3-15H2,2H3. The molecule has 0 aliphatic heterocycles. The van der Waals surface area contributed by atoms with Gasteiger partial charge in [0.1, 0.15) is 12.4 Å². The highest BCUT2D eigenvalue weighted by Crippen LogP contribution is 2.23. The number of hydrogen-bond donors (Lipinski definition) is 0. The molecule has 0 amide bonds. The number of ketones is 1. The van der Waals surface area contributed by atoms with Gasteiger partial charge >= 0.3 is 5.97 Å². The van der Waals surface area contributed by atoms with Gasteiger partial charge in [0.25, 0.3) is 0 Å². The second-order valence-electron chi connectivity index (χ2n) is 6.53. The zero-order valence-electron chi connectivity index (χ0n) is 14.2. The molecule has 3 heteroatoms. The van der Waals surface area contributed by atoms with Crippen LogP contribution in [0.1, 0.15) is 84.0 Å². The van der Waals surface area contributed by atoms with Gasteiger partial charge in [0, 0.05) is 19.3 Å². The summed E-state index contributed by atoms with van der Waals surface area (Å²) in [5.74, 6) is -0.147. The Bertz CT molecular complexity index is 360. The summed E-state index contributed by atoms with van der Waals surface area (Å²) in [6.07, 6.45) is 13.7. The van der Waals surface area contributed by atoms with Crippen molar-refractivity contribution in [2.24, 2.45) is 5.92 Å². The van der Waals surface area contributed by atoms with Crippen molar-refractivity contribution < 1.29 is 14.3 Å². The molecule has 0 saturated heterocycles. The van der Waals surface area contributed by atoms with Crippen molar-refractivity contribution in [1.82, 2.24) is 0 Å². The minimum atomic E-state index is -0.311. The molecule has 1 fully saturated rings. The average Bonchev–Trinajstić information content (AvgIpc) is 2.49. The predicted octanol–water partition coefficient (Wildman–Crippen LogP) is 4.99. The molecule has 126 valence electrons. The van der Waals surface area contributed by atoms with Gasteiger partial charge in [-0.3, -0.25) is 9.59 Å². The topological polar surface area (TPSA) is 43.4 Å². The van der Waals surface area contributed by atoms with E-state index in [1.165, 1.54) is 51.9 Å². The van der Waals surface area contributed by atoms with Gasteiger partial charge in [0.2, 0.25) is 0 Å². The molecule has 1 atom stereocenters. The minimum absolute atomic E-state index is 0.123. The second-order valence-corrected chi connectivity index (χ2v) is 6.53. The van der Waals surface area contributed by atoms with Crippen molar-refractivity contribution in [2.75, 3.05) is 6.61 Å². The minimum Gasteiger partial charge on any atom is -0.461 e. The summed E-state index contributed by atoms with van der Waals surface area (Å²) in [7, 11) is 0. The molecule has 0 aromatic heterocycles. The Kier molecular flexibility index (Phi) is 9.85. The molecule has 22 heavy (non-hydrogen) atoms. The highest BCUT2D eigenvalue weighted by atomic mass is 16.5. The quantitative estimate of drug-likeness (QED) is 0.545. The van der Waals surface area contributed by atoms with Crippen LogP contribution in [0.4, 0.5) is 0 Å². The fourth-order valence-electron chi connectivity index (χ4n) is 3.12. The molecule has 0 N–H and O–H groups in total. The monoisotopic (exact) mass is 308 g/mol. The van der Waals surface area contributed by atoms with E-state index in [1.807, 2.05) is 0 Å². The first-order valence-corrected chi connectivity index (χ1v) is 8.95. The number of Topliss-reactive ketones (excluding diaryl/α,β-unsaturated/α-hetero) is 1. The molecule has 1 rings (SSSR count). The molecule has 0 radical (unpaired) electrons. The Morgan fingerprint density at radius 1 is 1.00 bits per heavy atom. The maximum atomic E-state index is 12.5. The van der Waals surface area contributed by atoms with Crippen molar-refractivity contribution in [1.29, 1.82) is 0 Å². The highest BCUT2D eigenvalue weighted by Gasteiger charge is 2.21. The van der Waals surface area contributed by atoms with Crippen LogP contribution in [0.3, 0.4) is 0 Å². The van der Waals surface area contributed by atoms with Gasteiger partial charge in [-0.15, -0.1) is 0 Å². The van der Waals surface area contributed by atoms with Gasteiger partial charge in [0.05, 0.1) is 0 Å². The SMILES string of the molecule is C=C(COC(C)=O)C1CCCCCCCCCCCCC1=O. The summed E-state index contributed by atoms with van der Waals surface area (Å²) in [6.45, 7) is 5.58. The van der Waals surface area contributed by atoms with E-state index in [-0.39, 0.29) is 24.3 Å². The van der Waals surface area contributed by atoms with Gasteiger partial charge in [-0.1, -0.05) is 64.4 Å². The zero-order chi connectivity index (χ0) is 16.2. The van der Waals surface area contributed by atoms with Crippen LogP contribution in [-0.4, -0.2) is 18.4 Å². The summed E-state index contributed by atoms with van der Waals surface area (Å²) in [4.78, 5) is 23.4. The van der Waals surface area contributed by atoms with E-state index >= 15 is 0 Å². The van der Waals surface area contributed by atoms with Crippen LogP contribution in [0.25, 0.3) is 0 Å². The largest absolute Gasteiger partial charge is 0.461 e. The molecular weight excluding hydrogens is 276 g/mol. The molecule has 0 heterocycles. The van der Waals surface area contributed by atoms with E-state index in [9.17, 15) is 9.59 Å². The zero-order valence-corrected chi connectivity index (χ0v) is 14.2. The van der Waals surface area contributed by atoms with Crippen molar-refractivity contribution >= 4 is 11.8 Å². The molecule has 1 aliphatic rings. The van der Waals surface area contributed by atoms with E-state index in [0.717, 1.165) is 31.3 Å². The van der Waals surface area contributed by atoms with Gasteiger partial charge in [0.15, 0.2) is 0 Å². The van der Waals surface area contributed by atoms with Crippen LogP contribution in [-0.2, 0) is 14.3 Å². The molecule has 0 bridgehead atoms. The number of carbonyl (C=O) groups excluding carboxylic acids is 2. The number of esters is 1. The average molecular weight is 308 g/mol. The van der Waals surface area contributed by atoms with Crippen LogP contribution in [0, 0.1) is 5.92 Å². The van der Waals surface area contributed by atoms with Gasteiger partial charge in [-0.25, -0.2) is 0 Å². The third-order valence-electron chi connectivity index (χ3n) is 4.51. The van der Waals surface area contributed by atoms with Crippen molar-refractivity contribution in [2.45, 2.75) is 84.0 Å². The normalized spacial score (nSPS) is 22.6. The lowest BCUT2D eigenvalue weighted by molar-refractivity contribution is -0.140. The van der Waals surface area contributed by atoms with E-state index in [1.54, 1.807) is 0 Å². The molecule has 0 aromatic rings. The van der Waals surface area contributed by atoms with Crippen molar-refractivity contribution in [3.05, 3.63) is 12.2 Å². The number of ether oxygens (including phenoxy) is 1. The maximum Gasteiger partial charge on any atom is 0.302 e. The predicted molar refractivity (Wildman–Crippen MR) is 89.7 cm³/mol. The molecule has 1 unspecified atom stereocenters. The summed E-state index contributed by atoms with van der Waals surface area (Å²) in [6, 6.07) is 0. The van der Waals surface area contributed by atoms with Crippen LogP contribution in [0.2, 0.25) is 0 Å². The molecule has 1 saturated carbocycles. The second kappa shape index (κ2) is 11.4. The maximum absolute atomic E-state index is 12.5. The molecule has 0 aromatic carbocycles. The van der Waals surface area contributed by atoms with E-state index in [2.05, 4.69) is 6.58 Å². The fourth-order valence-corrected chi connectivity index (χ4v) is 3.12. The van der Waals surface area contributed by atoms with Crippen LogP contribution in [0.15, 0.2) is 12.2 Å². The van der Waals surface area contributed by atoms with E-state index < -0.39 is 0 Å². The lowest BCUT2D eigenvalue weighted by Gasteiger charge is -2.19. The lowest BCUT2D eigenvalue weighted by Crippen LogP contribution is -2.20. The third kappa shape index (κ3) is 8.35. The van der Waals surface area contributed by atoms with E-state index in [0.29, 0.717) is 6.42 Å². The molecule has 1 aliphatic carbocycles. The van der Waals surface area contributed by atoms with Crippen molar-refractivity contribution in [3.63, 3.8) is 0 Å². The Morgan fingerprint density at radius 2 is 1.50 bits per heavy atom. The van der Waals surface area contributed by atoms with E-state index in [4.69, 9.17) is 4.74 Å². The molecule has 3 nitrogen and oxygen atoms in total. The van der Waals surface area contributed by atoms with Gasteiger partial charge < -0.3 is 4.74 Å². The van der Waals surface area contributed by atoms with Crippen LogP contribution >= 0.6 is 0 Å². The Labute approximate surface area is 135 Å². The number of hydrogen-bond acceptors (Lipinski definition) is 3. The van der Waals surface area contributed by atoms with Crippen LogP contribution in [0.5, 0.6) is 0 Å². The first kappa shape index (κ1) is 18.9. The smallest absolute Gasteiger partial charge is 0.302 e. The Balaban J connectivity index is 2.53. The number of rotatable bonds is 3. The molecular formula is C19H32O3.